The minimum absolute atomic E-state index is 0.0182. The van der Waals surface area contributed by atoms with Gasteiger partial charge < -0.3 is 15.4 Å². The van der Waals surface area contributed by atoms with Crippen LogP contribution in [0.25, 0.3) is 0 Å². The lowest BCUT2D eigenvalue weighted by Crippen LogP contribution is -2.39. The van der Waals surface area contributed by atoms with E-state index in [1.54, 1.807) is 7.11 Å². The second-order valence-electron chi connectivity index (χ2n) is 4.95. The van der Waals surface area contributed by atoms with Crippen LogP contribution in [0.15, 0.2) is 18.2 Å². The molecule has 1 aliphatic heterocycles. The van der Waals surface area contributed by atoms with Crippen molar-refractivity contribution in [3.8, 4) is 0 Å². The second-order valence-corrected chi connectivity index (χ2v) is 5.35. The van der Waals surface area contributed by atoms with E-state index in [-0.39, 0.29) is 6.04 Å². The lowest BCUT2D eigenvalue weighted by atomic mass is 10.1. The number of nitrogens with two attached hydrogens (primary N) is 1. The van der Waals surface area contributed by atoms with Crippen molar-refractivity contribution in [1.29, 1.82) is 0 Å². The minimum atomic E-state index is 0.0182. The molecule has 1 fully saturated rings. The number of hydrogen-bond donors (Lipinski definition) is 1. The van der Waals surface area contributed by atoms with Gasteiger partial charge in [-0.15, -0.1) is 0 Å². The molecule has 0 saturated carbocycles. The van der Waals surface area contributed by atoms with E-state index in [1.807, 2.05) is 13.0 Å². The Labute approximate surface area is 114 Å². The molecule has 2 rings (SSSR count). The molecule has 0 aliphatic carbocycles. The van der Waals surface area contributed by atoms with Crippen LogP contribution in [0.1, 0.15) is 31.4 Å². The monoisotopic (exact) mass is 268 g/mol. The van der Waals surface area contributed by atoms with Crippen molar-refractivity contribution in [2.75, 3.05) is 25.1 Å². The molecule has 1 aromatic carbocycles. The average molecular weight is 269 g/mol. The number of ether oxygens (including phenoxy) is 1. The molecule has 1 aliphatic rings. The quantitative estimate of drug-likeness (QED) is 0.916. The fraction of sp³-hybridized carbons (Fsp3) is 0.571. The Hall–Kier alpha value is -0.770. The SMILES string of the molecule is COC1CCCN(c2ccc(C(C)N)cc2Cl)C1. The maximum absolute atomic E-state index is 6.36. The van der Waals surface area contributed by atoms with Crippen molar-refractivity contribution in [3.05, 3.63) is 28.8 Å². The normalized spacial score (nSPS) is 22.0. The van der Waals surface area contributed by atoms with E-state index in [0.29, 0.717) is 6.10 Å². The van der Waals surface area contributed by atoms with E-state index >= 15 is 0 Å². The predicted molar refractivity (Wildman–Crippen MR) is 76.3 cm³/mol. The first-order chi connectivity index (χ1) is 8.61. The van der Waals surface area contributed by atoms with E-state index < -0.39 is 0 Å². The van der Waals surface area contributed by atoms with Gasteiger partial charge in [0.05, 0.1) is 16.8 Å². The molecule has 1 aromatic rings. The lowest BCUT2D eigenvalue weighted by Gasteiger charge is -2.34. The van der Waals surface area contributed by atoms with Crippen LogP contribution >= 0.6 is 11.6 Å². The molecule has 0 aromatic heterocycles. The van der Waals surface area contributed by atoms with E-state index in [1.165, 1.54) is 0 Å². The zero-order chi connectivity index (χ0) is 13.1. The molecule has 0 bridgehead atoms. The van der Waals surface area contributed by atoms with E-state index in [0.717, 1.165) is 42.2 Å². The fourth-order valence-electron chi connectivity index (χ4n) is 2.41. The van der Waals surface area contributed by atoms with Gasteiger partial charge in [0.25, 0.3) is 0 Å². The van der Waals surface area contributed by atoms with Crippen LogP contribution in [-0.2, 0) is 4.74 Å². The summed E-state index contributed by atoms with van der Waals surface area (Å²) in [5.74, 6) is 0. The van der Waals surface area contributed by atoms with Crippen molar-refractivity contribution in [3.63, 3.8) is 0 Å². The van der Waals surface area contributed by atoms with Crippen LogP contribution in [0, 0.1) is 0 Å². The fourth-order valence-corrected chi connectivity index (χ4v) is 2.72. The van der Waals surface area contributed by atoms with Crippen LogP contribution in [0.3, 0.4) is 0 Å². The molecule has 1 heterocycles. The van der Waals surface area contributed by atoms with Crippen LogP contribution in [0.4, 0.5) is 5.69 Å². The molecule has 0 radical (unpaired) electrons. The molecule has 3 nitrogen and oxygen atoms in total. The highest BCUT2D eigenvalue weighted by atomic mass is 35.5. The number of halogens is 1. The number of benzene rings is 1. The molecule has 1 saturated heterocycles. The van der Waals surface area contributed by atoms with Crippen LogP contribution in [-0.4, -0.2) is 26.3 Å². The molecular formula is C14H21ClN2O. The van der Waals surface area contributed by atoms with Crippen molar-refractivity contribution in [1.82, 2.24) is 0 Å². The van der Waals surface area contributed by atoms with Gasteiger partial charge >= 0.3 is 0 Å². The summed E-state index contributed by atoms with van der Waals surface area (Å²) in [4.78, 5) is 2.30. The number of piperidine rings is 1. The molecule has 2 atom stereocenters. The third kappa shape index (κ3) is 2.97. The number of methoxy groups -OCH3 is 1. The summed E-state index contributed by atoms with van der Waals surface area (Å²) in [6.07, 6.45) is 2.58. The van der Waals surface area contributed by atoms with Gasteiger partial charge in [-0.05, 0) is 37.5 Å². The van der Waals surface area contributed by atoms with Crippen molar-refractivity contribution >= 4 is 17.3 Å². The Bertz CT molecular complexity index is 409. The molecule has 100 valence electrons. The molecule has 2 unspecified atom stereocenters. The van der Waals surface area contributed by atoms with Crippen LogP contribution < -0.4 is 10.6 Å². The summed E-state index contributed by atoms with van der Waals surface area (Å²) in [5.41, 5.74) is 8.02. The average Bonchev–Trinajstić information content (AvgIpc) is 2.38. The molecule has 2 N–H and O–H groups in total. The summed E-state index contributed by atoms with van der Waals surface area (Å²) in [7, 11) is 1.77. The Morgan fingerprint density at radius 3 is 2.89 bits per heavy atom. The first kappa shape index (κ1) is 13.7. The van der Waals surface area contributed by atoms with E-state index in [4.69, 9.17) is 22.1 Å². The number of nitrogens with zero attached hydrogens (tertiary/aromatic N) is 1. The summed E-state index contributed by atoms with van der Waals surface area (Å²) in [5, 5.41) is 0.779. The lowest BCUT2D eigenvalue weighted by molar-refractivity contribution is 0.0893. The first-order valence-electron chi connectivity index (χ1n) is 6.44. The van der Waals surface area contributed by atoms with E-state index in [2.05, 4.69) is 17.0 Å². The zero-order valence-electron chi connectivity index (χ0n) is 11.0. The largest absolute Gasteiger partial charge is 0.380 e. The van der Waals surface area contributed by atoms with Crippen LogP contribution in [0.5, 0.6) is 0 Å². The highest BCUT2D eigenvalue weighted by Crippen LogP contribution is 2.30. The van der Waals surface area contributed by atoms with Gasteiger partial charge in [-0.25, -0.2) is 0 Å². The van der Waals surface area contributed by atoms with Gasteiger partial charge in [0.15, 0.2) is 0 Å². The van der Waals surface area contributed by atoms with Crippen molar-refractivity contribution < 1.29 is 4.74 Å². The van der Waals surface area contributed by atoms with Gasteiger partial charge in [0.2, 0.25) is 0 Å². The van der Waals surface area contributed by atoms with Crippen molar-refractivity contribution in [2.45, 2.75) is 31.9 Å². The topological polar surface area (TPSA) is 38.5 Å². The minimum Gasteiger partial charge on any atom is -0.380 e. The van der Waals surface area contributed by atoms with E-state index in [9.17, 15) is 0 Å². The standard InChI is InChI=1S/C14H21ClN2O/c1-10(16)11-5-6-14(13(15)8-11)17-7-3-4-12(9-17)18-2/h5-6,8,10,12H,3-4,7,9,16H2,1-2H3. The molecular weight excluding hydrogens is 248 g/mol. The number of rotatable bonds is 3. The molecule has 18 heavy (non-hydrogen) atoms. The Morgan fingerprint density at radius 1 is 1.50 bits per heavy atom. The third-order valence-corrected chi connectivity index (χ3v) is 3.85. The number of anilines is 1. The zero-order valence-corrected chi connectivity index (χ0v) is 11.8. The van der Waals surface area contributed by atoms with Gasteiger partial charge in [-0.3, -0.25) is 0 Å². The second kappa shape index (κ2) is 5.91. The van der Waals surface area contributed by atoms with Gasteiger partial charge in [0.1, 0.15) is 0 Å². The molecule has 0 spiro atoms. The molecule has 4 heteroatoms. The summed E-state index contributed by atoms with van der Waals surface area (Å²) >= 11 is 6.36. The summed E-state index contributed by atoms with van der Waals surface area (Å²) in [6.45, 7) is 3.91. The highest BCUT2D eigenvalue weighted by molar-refractivity contribution is 6.33. The van der Waals surface area contributed by atoms with Gasteiger partial charge in [0, 0.05) is 26.2 Å². The van der Waals surface area contributed by atoms with Gasteiger partial charge in [-0.2, -0.15) is 0 Å². The summed E-state index contributed by atoms with van der Waals surface area (Å²) < 4.78 is 5.44. The Kier molecular flexibility index (Phi) is 4.49. The van der Waals surface area contributed by atoms with Crippen LogP contribution in [0.2, 0.25) is 5.02 Å². The Morgan fingerprint density at radius 2 is 2.28 bits per heavy atom. The Balaban J connectivity index is 2.17. The maximum atomic E-state index is 6.36. The predicted octanol–water partition coefficient (Wildman–Crippen LogP) is 2.97. The number of hydrogen-bond acceptors (Lipinski definition) is 3. The third-order valence-electron chi connectivity index (χ3n) is 3.55. The van der Waals surface area contributed by atoms with Crippen molar-refractivity contribution in [2.24, 2.45) is 5.73 Å². The maximum Gasteiger partial charge on any atom is 0.0746 e. The summed E-state index contributed by atoms with van der Waals surface area (Å²) in [6, 6.07) is 6.11. The smallest absolute Gasteiger partial charge is 0.0746 e. The first-order valence-corrected chi connectivity index (χ1v) is 6.82. The highest BCUT2D eigenvalue weighted by Gasteiger charge is 2.21. The van der Waals surface area contributed by atoms with Gasteiger partial charge in [-0.1, -0.05) is 17.7 Å². The molecule has 0 amide bonds.